The number of aryl methyl sites for hydroxylation is 1. The Bertz CT molecular complexity index is 1080. The predicted octanol–water partition coefficient (Wildman–Crippen LogP) is 4.98. The number of Topliss-reactive ketones (excluding diaryl/α,β-unsaturated/α-hetero) is 1. The standard InChI is InChI=1S/C21H19N3O2S2/c1-12-10-14(13(2)24(12)15-4-6-16(26-3)7-5-15)11-17-19(25)18(20(22)28-17)21-23-8-9-27-21/h4-11,18,22H,1-3H3. The van der Waals surface area contributed by atoms with Gasteiger partial charge in [0.1, 0.15) is 16.7 Å². The van der Waals surface area contributed by atoms with Crippen LogP contribution in [0.5, 0.6) is 5.75 Å². The van der Waals surface area contributed by atoms with Gasteiger partial charge in [0.2, 0.25) is 0 Å². The van der Waals surface area contributed by atoms with Crippen LogP contribution in [-0.4, -0.2) is 27.5 Å². The molecule has 1 aliphatic heterocycles. The van der Waals surface area contributed by atoms with Gasteiger partial charge in [0.05, 0.1) is 17.1 Å². The molecule has 1 saturated heterocycles. The summed E-state index contributed by atoms with van der Waals surface area (Å²) in [4.78, 5) is 17.7. The fourth-order valence-electron chi connectivity index (χ4n) is 3.39. The Morgan fingerprint density at radius 3 is 2.64 bits per heavy atom. The molecule has 1 N–H and O–H groups in total. The fraction of sp³-hybridized carbons (Fsp3) is 0.190. The van der Waals surface area contributed by atoms with Crippen molar-refractivity contribution < 1.29 is 9.53 Å². The minimum Gasteiger partial charge on any atom is -0.497 e. The van der Waals surface area contributed by atoms with Gasteiger partial charge in [-0.3, -0.25) is 10.2 Å². The number of thioether (sulfide) groups is 1. The van der Waals surface area contributed by atoms with E-state index in [9.17, 15) is 4.79 Å². The second kappa shape index (κ2) is 7.41. The third-order valence-electron chi connectivity index (χ3n) is 4.77. The Morgan fingerprint density at radius 2 is 2.00 bits per heavy atom. The number of allylic oxidation sites excluding steroid dienone is 1. The molecule has 0 spiro atoms. The van der Waals surface area contributed by atoms with E-state index in [-0.39, 0.29) is 5.78 Å². The maximum atomic E-state index is 12.9. The van der Waals surface area contributed by atoms with Crippen LogP contribution in [0.25, 0.3) is 11.8 Å². The summed E-state index contributed by atoms with van der Waals surface area (Å²) in [7, 11) is 1.65. The minimum absolute atomic E-state index is 0.0424. The van der Waals surface area contributed by atoms with Crippen molar-refractivity contribution in [2.45, 2.75) is 19.8 Å². The van der Waals surface area contributed by atoms with Crippen LogP contribution in [0, 0.1) is 19.3 Å². The average molecular weight is 410 g/mol. The molecule has 142 valence electrons. The fourth-order valence-corrected chi connectivity index (χ4v) is 5.19. The lowest BCUT2D eigenvalue weighted by Gasteiger charge is -2.10. The molecule has 3 heterocycles. The predicted molar refractivity (Wildman–Crippen MR) is 115 cm³/mol. The van der Waals surface area contributed by atoms with E-state index in [1.165, 1.54) is 23.1 Å². The summed E-state index contributed by atoms with van der Waals surface area (Å²) in [5, 5.41) is 11.1. The molecule has 0 bridgehead atoms. The number of thiazole rings is 1. The molecule has 3 aromatic rings. The highest BCUT2D eigenvalue weighted by Crippen LogP contribution is 2.41. The van der Waals surface area contributed by atoms with Gasteiger partial charge in [-0.15, -0.1) is 11.3 Å². The highest BCUT2D eigenvalue weighted by Gasteiger charge is 2.38. The summed E-state index contributed by atoms with van der Waals surface area (Å²) in [6.07, 6.45) is 3.58. The maximum Gasteiger partial charge on any atom is 0.186 e. The molecule has 4 rings (SSSR count). The number of rotatable bonds is 4. The van der Waals surface area contributed by atoms with Crippen molar-refractivity contribution in [1.29, 1.82) is 5.41 Å². The van der Waals surface area contributed by atoms with Gasteiger partial charge in [-0.25, -0.2) is 4.98 Å². The first-order valence-electron chi connectivity index (χ1n) is 8.74. The lowest BCUT2D eigenvalue weighted by molar-refractivity contribution is -0.114. The van der Waals surface area contributed by atoms with E-state index >= 15 is 0 Å². The molecule has 0 radical (unpaired) electrons. The first-order chi connectivity index (χ1) is 13.5. The minimum atomic E-state index is -0.554. The van der Waals surface area contributed by atoms with Crippen molar-refractivity contribution in [2.75, 3.05) is 7.11 Å². The molecule has 5 nitrogen and oxygen atoms in total. The highest BCUT2D eigenvalue weighted by atomic mass is 32.2. The monoisotopic (exact) mass is 409 g/mol. The molecule has 0 saturated carbocycles. The third-order valence-corrected chi connectivity index (χ3v) is 6.61. The zero-order chi connectivity index (χ0) is 19.8. The van der Waals surface area contributed by atoms with E-state index in [1.807, 2.05) is 49.6 Å². The SMILES string of the molecule is COc1ccc(-n2c(C)cc(C=C3SC(=N)C(c4nccs4)C3=O)c2C)cc1. The number of ether oxygens (including phenoxy) is 1. The largest absolute Gasteiger partial charge is 0.497 e. The Balaban J connectivity index is 1.69. The summed E-state index contributed by atoms with van der Waals surface area (Å²) >= 11 is 2.65. The average Bonchev–Trinajstić information content (AvgIpc) is 3.36. The van der Waals surface area contributed by atoms with E-state index < -0.39 is 5.92 Å². The Hall–Kier alpha value is -2.64. The van der Waals surface area contributed by atoms with Gasteiger partial charge in [0.25, 0.3) is 0 Å². The molecule has 1 unspecified atom stereocenters. The van der Waals surface area contributed by atoms with Crippen LogP contribution in [0.3, 0.4) is 0 Å². The summed E-state index contributed by atoms with van der Waals surface area (Å²) < 4.78 is 7.39. The van der Waals surface area contributed by atoms with Crippen LogP contribution in [-0.2, 0) is 4.79 Å². The normalized spacial score (nSPS) is 18.2. The molecule has 28 heavy (non-hydrogen) atoms. The molecule has 1 aromatic carbocycles. The van der Waals surface area contributed by atoms with Crippen LogP contribution >= 0.6 is 23.1 Å². The van der Waals surface area contributed by atoms with Crippen molar-refractivity contribution in [3.8, 4) is 11.4 Å². The van der Waals surface area contributed by atoms with Crippen molar-refractivity contribution in [1.82, 2.24) is 9.55 Å². The van der Waals surface area contributed by atoms with E-state index in [1.54, 1.807) is 13.3 Å². The van der Waals surface area contributed by atoms with Gasteiger partial charge >= 0.3 is 0 Å². The topological polar surface area (TPSA) is 68.0 Å². The molecular formula is C21H19N3O2S2. The van der Waals surface area contributed by atoms with Gasteiger partial charge in [0, 0.05) is 28.7 Å². The number of nitrogens with zero attached hydrogens (tertiary/aromatic N) is 2. The number of aromatic nitrogens is 2. The number of nitrogens with one attached hydrogen (secondary N) is 1. The van der Waals surface area contributed by atoms with Crippen molar-refractivity contribution in [3.05, 3.63) is 68.8 Å². The third kappa shape index (κ3) is 3.21. The lowest BCUT2D eigenvalue weighted by Crippen LogP contribution is -2.11. The number of ketones is 1. The number of hydrogen-bond donors (Lipinski definition) is 1. The number of benzene rings is 1. The second-order valence-corrected chi connectivity index (χ2v) is 8.51. The molecular weight excluding hydrogens is 390 g/mol. The number of methoxy groups -OCH3 is 1. The van der Waals surface area contributed by atoms with Crippen LogP contribution in [0.1, 0.15) is 27.9 Å². The first kappa shape index (κ1) is 18.7. The van der Waals surface area contributed by atoms with Gasteiger partial charge in [-0.1, -0.05) is 11.8 Å². The summed E-state index contributed by atoms with van der Waals surface area (Å²) in [5.41, 5.74) is 4.15. The van der Waals surface area contributed by atoms with E-state index in [0.29, 0.717) is 15.0 Å². The quantitative estimate of drug-likeness (QED) is 0.617. The smallest absolute Gasteiger partial charge is 0.186 e. The molecule has 1 atom stereocenters. The van der Waals surface area contributed by atoms with Gasteiger partial charge < -0.3 is 9.30 Å². The number of hydrogen-bond acceptors (Lipinski definition) is 6. The van der Waals surface area contributed by atoms with Gasteiger partial charge in [-0.05, 0) is 55.8 Å². The van der Waals surface area contributed by atoms with Crippen molar-refractivity contribution in [3.63, 3.8) is 0 Å². The van der Waals surface area contributed by atoms with Gasteiger partial charge in [-0.2, -0.15) is 0 Å². The maximum absolute atomic E-state index is 12.9. The van der Waals surface area contributed by atoms with Crippen LogP contribution in [0.15, 0.2) is 46.8 Å². The lowest BCUT2D eigenvalue weighted by atomic mass is 10.1. The molecule has 2 aromatic heterocycles. The van der Waals surface area contributed by atoms with Gasteiger partial charge in [0.15, 0.2) is 5.78 Å². The molecule has 1 fully saturated rings. The Labute approximate surface area is 171 Å². The van der Waals surface area contributed by atoms with Crippen molar-refractivity contribution >= 4 is 40.0 Å². The molecule has 0 aliphatic carbocycles. The first-order valence-corrected chi connectivity index (χ1v) is 10.4. The van der Waals surface area contributed by atoms with E-state index in [0.717, 1.165) is 28.4 Å². The van der Waals surface area contributed by atoms with E-state index in [4.69, 9.17) is 10.1 Å². The molecule has 1 aliphatic rings. The summed E-state index contributed by atoms with van der Waals surface area (Å²) in [6, 6.07) is 9.96. The molecule has 0 amide bonds. The Morgan fingerprint density at radius 1 is 1.25 bits per heavy atom. The van der Waals surface area contributed by atoms with Crippen LogP contribution in [0.2, 0.25) is 0 Å². The van der Waals surface area contributed by atoms with Crippen LogP contribution < -0.4 is 4.74 Å². The highest BCUT2D eigenvalue weighted by molar-refractivity contribution is 8.19. The Kier molecular flexibility index (Phi) is 4.95. The van der Waals surface area contributed by atoms with E-state index in [2.05, 4.69) is 15.6 Å². The number of carbonyl (C=O) groups excluding carboxylic acids is 1. The van der Waals surface area contributed by atoms with Crippen molar-refractivity contribution in [2.24, 2.45) is 0 Å². The summed E-state index contributed by atoms with van der Waals surface area (Å²) in [5.74, 6) is 0.216. The second-order valence-electron chi connectivity index (χ2n) is 6.50. The number of carbonyl (C=O) groups is 1. The zero-order valence-corrected chi connectivity index (χ0v) is 17.4. The van der Waals surface area contributed by atoms with Crippen LogP contribution in [0.4, 0.5) is 0 Å². The molecule has 7 heteroatoms. The zero-order valence-electron chi connectivity index (χ0n) is 15.7. The summed E-state index contributed by atoms with van der Waals surface area (Å²) in [6.45, 7) is 4.08.